The maximum absolute atomic E-state index is 5.48. The lowest BCUT2D eigenvalue weighted by Crippen LogP contribution is -2.32. The lowest BCUT2D eigenvalue weighted by molar-refractivity contribution is 0.560. The van der Waals surface area contributed by atoms with Crippen LogP contribution in [0.2, 0.25) is 0 Å². The second kappa shape index (κ2) is 4.60. The third kappa shape index (κ3) is 2.93. The van der Waals surface area contributed by atoms with Crippen LogP contribution in [0, 0.1) is 6.92 Å². The van der Waals surface area contributed by atoms with Crippen LogP contribution in [0.15, 0.2) is 12.1 Å². The van der Waals surface area contributed by atoms with Gasteiger partial charge in [-0.1, -0.05) is 0 Å². The highest BCUT2D eigenvalue weighted by Crippen LogP contribution is 2.14. The van der Waals surface area contributed by atoms with Gasteiger partial charge >= 0.3 is 0 Å². The molecular weight excluding hydrogens is 168 g/mol. The Bertz CT molecular complexity index is 232. The number of hydrogen-bond acceptors (Lipinski definition) is 3. The summed E-state index contributed by atoms with van der Waals surface area (Å²) in [6, 6.07) is 4.72. The Morgan fingerprint density at radius 2 is 2.33 bits per heavy atom. The molecule has 0 radical (unpaired) electrons. The Labute approximate surface area is 77.8 Å². The van der Waals surface area contributed by atoms with Gasteiger partial charge in [0, 0.05) is 28.9 Å². The average Bonchev–Trinajstić information content (AvgIpc) is 2.47. The molecule has 0 saturated carbocycles. The largest absolute Gasteiger partial charge is 0.329 e. The van der Waals surface area contributed by atoms with Crippen LogP contribution in [-0.4, -0.2) is 12.6 Å². The van der Waals surface area contributed by atoms with Crippen LogP contribution in [0.25, 0.3) is 0 Å². The highest BCUT2D eigenvalue weighted by molar-refractivity contribution is 7.11. The zero-order valence-corrected chi connectivity index (χ0v) is 8.45. The van der Waals surface area contributed by atoms with Crippen LogP contribution in [0.1, 0.15) is 16.7 Å². The van der Waals surface area contributed by atoms with Crippen molar-refractivity contribution in [3.8, 4) is 0 Å². The van der Waals surface area contributed by atoms with Crippen LogP contribution in [0.5, 0.6) is 0 Å². The number of aryl methyl sites for hydroxylation is 1. The van der Waals surface area contributed by atoms with Crippen molar-refractivity contribution in [2.75, 3.05) is 6.54 Å². The third-order valence-electron chi connectivity index (χ3n) is 1.77. The summed E-state index contributed by atoms with van der Waals surface area (Å²) in [6.07, 6.45) is 0. The van der Waals surface area contributed by atoms with Gasteiger partial charge in [0.1, 0.15) is 0 Å². The van der Waals surface area contributed by atoms with Crippen molar-refractivity contribution in [2.24, 2.45) is 5.73 Å². The van der Waals surface area contributed by atoms with Crippen LogP contribution in [0.4, 0.5) is 0 Å². The van der Waals surface area contributed by atoms with Crippen molar-refractivity contribution in [2.45, 2.75) is 26.4 Å². The first-order valence-corrected chi connectivity index (χ1v) is 5.03. The van der Waals surface area contributed by atoms with E-state index in [1.165, 1.54) is 9.75 Å². The molecule has 0 amide bonds. The topological polar surface area (TPSA) is 38.0 Å². The second-order valence-electron chi connectivity index (χ2n) is 3.03. The van der Waals surface area contributed by atoms with E-state index in [9.17, 15) is 0 Å². The highest BCUT2D eigenvalue weighted by atomic mass is 32.1. The first-order valence-electron chi connectivity index (χ1n) is 4.21. The summed E-state index contributed by atoms with van der Waals surface area (Å²) >= 11 is 1.84. The predicted octanol–water partition coefficient (Wildman–Crippen LogP) is 1.49. The van der Waals surface area contributed by atoms with Crippen LogP contribution >= 0.6 is 11.3 Å². The van der Waals surface area contributed by atoms with Gasteiger partial charge in [0.25, 0.3) is 0 Å². The van der Waals surface area contributed by atoms with E-state index in [2.05, 4.69) is 31.3 Å². The molecule has 1 aromatic heterocycles. The maximum atomic E-state index is 5.48. The van der Waals surface area contributed by atoms with Crippen molar-refractivity contribution >= 4 is 11.3 Å². The molecule has 1 rings (SSSR count). The molecule has 2 nitrogen and oxygen atoms in total. The van der Waals surface area contributed by atoms with Gasteiger partial charge in [-0.05, 0) is 26.0 Å². The molecular formula is C9H16N2S. The van der Waals surface area contributed by atoms with Crippen LogP contribution < -0.4 is 11.1 Å². The zero-order valence-electron chi connectivity index (χ0n) is 7.63. The molecule has 68 valence electrons. The molecule has 0 aromatic carbocycles. The minimum absolute atomic E-state index is 0.410. The smallest absolute Gasteiger partial charge is 0.0302 e. The fraction of sp³-hybridized carbons (Fsp3) is 0.556. The van der Waals surface area contributed by atoms with Crippen molar-refractivity contribution in [3.05, 3.63) is 21.9 Å². The van der Waals surface area contributed by atoms with Crippen molar-refractivity contribution in [1.82, 2.24) is 5.32 Å². The molecule has 0 fully saturated rings. The van der Waals surface area contributed by atoms with Gasteiger partial charge in [-0.15, -0.1) is 11.3 Å². The van der Waals surface area contributed by atoms with Gasteiger partial charge in [0.15, 0.2) is 0 Å². The Morgan fingerprint density at radius 1 is 1.58 bits per heavy atom. The first kappa shape index (κ1) is 9.71. The van der Waals surface area contributed by atoms with Gasteiger partial charge in [0.2, 0.25) is 0 Å². The SMILES string of the molecule is Cc1ccc(CN[C@H](C)CN)s1. The van der Waals surface area contributed by atoms with Crippen LogP contribution in [-0.2, 0) is 6.54 Å². The van der Waals surface area contributed by atoms with Gasteiger partial charge in [-0.3, -0.25) is 0 Å². The first-order chi connectivity index (χ1) is 5.72. The summed E-state index contributed by atoms with van der Waals surface area (Å²) in [5, 5.41) is 3.35. The van der Waals surface area contributed by atoms with Crippen molar-refractivity contribution in [1.29, 1.82) is 0 Å². The Kier molecular flexibility index (Phi) is 3.72. The standard InChI is InChI=1S/C9H16N2S/c1-7(5-10)11-6-9-4-3-8(2)12-9/h3-4,7,11H,5-6,10H2,1-2H3/t7-/m1/s1. The Balaban J connectivity index is 2.33. The monoisotopic (exact) mass is 184 g/mol. The average molecular weight is 184 g/mol. The van der Waals surface area contributed by atoms with E-state index < -0.39 is 0 Å². The molecule has 3 N–H and O–H groups in total. The number of thiophene rings is 1. The number of hydrogen-bond donors (Lipinski definition) is 2. The molecule has 0 spiro atoms. The molecule has 12 heavy (non-hydrogen) atoms. The molecule has 1 heterocycles. The number of rotatable bonds is 4. The summed E-state index contributed by atoms with van der Waals surface area (Å²) in [4.78, 5) is 2.75. The molecule has 0 aliphatic carbocycles. The predicted molar refractivity (Wildman–Crippen MR) is 54.4 cm³/mol. The van der Waals surface area contributed by atoms with E-state index in [0.29, 0.717) is 12.6 Å². The molecule has 1 atom stereocenters. The number of nitrogens with one attached hydrogen (secondary N) is 1. The lowest BCUT2D eigenvalue weighted by atomic mass is 10.3. The van der Waals surface area contributed by atoms with E-state index in [1.807, 2.05) is 11.3 Å². The zero-order chi connectivity index (χ0) is 8.97. The Hall–Kier alpha value is -0.380. The number of nitrogens with two attached hydrogens (primary N) is 1. The minimum Gasteiger partial charge on any atom is -0.329 e. The van der Waals surface area contributed by atoms with Gasteiger partial charge in [-0.2, -0.15) is 0 Å². The van der Waals surface area contributed by atoms with Gasteiger partial charge < -0.3 is 11.1 Å². The van der Waals surface area contributed by atoms with E-state index in [0.717, 1.165) is 6.54 Å². The summed E-state index contributed by atoms with van der Waals surface area (Å²) in [6.45, 7) is 5.86. The van der Waals surface area contributed by atoms with Crippen LogP contribution in [0.3, 0.4) is 0 Å². The molecule has 3 heteroatoms. The summed E-state index contributed by atoms with van der Waals surface area (Å²) in [7, 11) is 0. The van der Waals surface area contributed by atoms with Crippen molar-refractivity contribution in [3.63, 3.8) is 0 Å². The normalized spacial score (nSPS) is 13.2. The molecule has 0 aliphatic heterocycles. The fourth-order valence-corrected chi connectivity index (χ4v) is 1.78. The second-order valence-corrected chi connectivity index (χ2v) is 4.40. The molecule has 0 bridgehead atoms. The van der Waals surface area contributed by atoms with E-state index in [4.69, 9.17) is 5.73 Å². The quantitative estimate of drug-likeness (QED) is 0.744. The van der Waals surface area contributed by atoms with E-state index in [1.54, 1.807) is 0 Å². The highest BCUT2D eigenvalue weighted by Gasteiger charge is 1.99. The molecule has 0 saturated heterocycles. The summed E-state index contributed by atoms with van der Waals surface area (Å²) in [5.74, 6) is 0. The maximum Gasteiger partial charge on any atom is 0.0302 e. The fourth-order valence-electron chi connectivity index (χ4n) is 0.938. The summed E-state index contributed by atoms with van der Waals surface area (Å²) in [5.41, 5.74) is 5.48. The molecule has 0 unspecified atom stereocenters. The van der Waals surface area contributed by atoms with E-state index in [-0.39, 0.29) is 0 Å². The van der Waals surface area contributed by atoms with Gasteiger partial charge in [0.05, 0.1) is 0 Å². The Morgan fingerprint density at radius 3 is 2.83 bits per heavy atom. The van der Waals surface area contributed by atoms with Gasteiger partial charge in [-0.25, -0.2) is 0 Å². The molecule has 0 aliphatic rings. The third-order valence-corrected chi connectivity index (χ3v) is 2.77. The lowest BCUT2D eigenvalue weighted by Gasteiger charge is -2.09. The minimum atomic E-state index is 0.410. The summed E-state index contributed by atoms with van der Waals surface area (Å²) < 4.78 is 0. The molecule has 1 aromatic rings. The van der Waals surface area contributed by atoms with Crippen molar-refractivity contribution < 1.29 is 0 Å². The van der Waals surface area contributed by atoms with E-state index >= 15 is 0 Å².